The van der Waals surface area contributed by atoms with Crippen molar-refractivity contribution in [2.45, 2.75) is 26.3 Å². The first kappa shape index (κ1) is 14.4. The van der Waals surface area contributed by atoms with E-state index in [4.69, 9.17) is 0 Å². The van der Waals surface area contributed by atoms with E-state index in [9.17, 15) is 4.39 Å². The predicted octanol–water partition coefficient (Wildman–Crippen LogP) is 4.26. The van der Waals surface area contributed by atoms with Crippen molar-refractivity contribution in [2.75, 3.05) is 0 Å². The first-order valence-corrected chi connectivity index (χ1v) is 7.37. The molecule has 2 aromatic carbocycles. The first-order valence-electron chi connectivity index (χ1n) is 7.37. The first-order chi connectivity index (χ1) is 10.6. The van der Waals surface area contributed by atoms with Crippen LogP contribution in [0, 0.1) is 5.82 Å². The van der Waals surface area contributed by atoms with Crippen molar-refractivity contribution in [3.63, 3.8) is 0 Å². The van der Waals surface area contributed by atoms with E-state index < -0.39 is 0 Å². The molecule has 1 aromatic heterocycles. The van der Waals surface area contributed by atoms with Crippen molar-refractivity contribution in [1.82, 2.24) is 15.0 Å². The molecule has 3 nitrogen and oxygen atoms in total. The number of aromatic nitrogens is 3. The van der Waals surface area contributed by atoms with Crippen LogP contribution in [-0.4, -0.2) is 15.0 Å². The van der Waals surface area contributed by atoms with Crippen LogP contribution >= 0.6 is 0 Å². The van der Waals surface area contributed by atoms with E-state index >= 15 is 0 Å². The molecule has 0 atom stereocenters. The van der Waals surface area contributed by atoms with Gasteiger partial charge in [0.05, 0.1) is 12.7 Å². The summed E-state index contributed by atoms with van der Waals surface area (Å²) in [7, 11) is 0. The summed E-state index contributed by atoms with van der Waals surface area (Å²) in [4.78, 5) is 0. The summed E-state index contributed by atoms with van der Waals surface area (Å²) < 4.78 is 14.7. The molecule has 112 valence electrons. The van der Waals surface area contributed by atoms with Gasteiger partial charge in [0.1, 0.15) is 11.5 Å². The monoisotopic (exact) mass is 295 g/mol. The lowest BCUT2D eigenvalue weighted by molar-refractivity contribution is 0.621. The Balaban J connectivity index is 1.77. The van der Waals surface area contributed by atoms with E-state index in [2.05, 4.69) is 48.4 Å². The van der Waals surface area contributed by atoms with Gasteiger partial charge in [-0.15, -0.1) is 5.10 Å². The molecule has 3 rings (SSSR count). The third kappa shape index (κ3) is 3.22. The second-order valence-corrected chi connectivity index (χ2v) is 5.70. The Labute approximate surface area is 129 Å². The van der Waals surface area contributed by atoms with Crippen LogP contribution in [0.1, 0.15) is 30.9 Å². The minimum absolute atomic E-state index is 0.228. The van der Waals surface area contributed by atoms with Crippen molar-refractivity contribution in [3.8, 4) is 11.3 Å². The summed E-state index contributed by atoms with van der Waals surface area (Å²) in [5.74, 6) is 0.288. The summed E-state index contributed by atoms with van der Waals surface area (Å²) in [5.41, 5.74) is 4.20. The molecule has 0 unspecified atom stereocenters. The molecule has 4 heteroatoms. The Hall–Kier alpha value is -2.49. The second-order valence-electron chi connectivity index (χ2n) is 5.70. The molecule has 3 aromatic rings. The molecule has 0 aliphatic rings. The maximum atomic E-state index is 12.9. The van der Waals surface area contributed by atoms with Crippen LogP contribution in [0.2, 0.25) is 0 Å². The maximum absolute atomic E-state index is 12.9. The van der Waals surface area contributed by atoms with E-state index in [0.717, 1.165) is 16.8 Å². The van der Waals surface area contributed by atoms with Gasteiger partial charge in [0.2, 0.25) is 0 Å². The van der Waals surface area contributed by atoms with E-state index in [1.807, 2.05) is 6.20 Å². The van der Waals surface area contributed by atoms with Gasteiger partial charge < -0.3 is 0 Å². The molecule has 22 heavy (non-hydrogen) atoms. The fourth-order valence-electron chi connectivity index (χ4n) is 2.32. The van der Waals surface area contributed by atoms with Gasteiger partial charge in [-0.2, -0.15) is 0 Å². The number of nitrogens with zero attached hydrogens (tertiary/aromatic N) is 3. The highest BCUT2D eigenvalue weighted by molar-refractivity contribution is 5.58. The molecular formula is C18H18FN3. The zero-order valence-electron chi connectivity index (χ0n) is 12.7. The molecule has 0 aliphatic carbocycles. The molecular weight excluding hydrogens is 277 g/mol. The highest BCUT2D eigenvalue weighted by Gasteiger charge is 2.06. The topological polar surface area (TPSA) is 30.7 Å². The number of hydrogen-bond donors (Lipinski definition) is 0. The zero-order valence-corrected chi connectivity index (χ0v) is 12.7. The Morgan fingerprint density at radius 3 is 2.32 bits per heavy atom. The molecule has 0 saturated heterocycles. The van der Waals surface area contributed by atoms with Crippen molar-refractivity contribution in [3.05, 3.63) is 71.7 Å². The van der Waals surface area contributed by atoms with Gasteiger partial charge in [0, 0.05) is 5.56 Å². The smallest absolute Gasteiger partial charge is 0.123 e. The minimum atomic E-state index is -0.228. The fourth-order valence-corrected chi connectivity index (χ4v) is 2.32. The Morgan fingerprint density at radius 2 is 1.68 bits per heavy atom. The van der Waals surface area contributed by atoms with Crippen LogP contribution in [-0.2, 0) is 6.54 Å². The summed E-state index contributed by atoms with van der Waals surface area (Å²) >= 11 is 0. The van der Waals surface area contributed by atoms with E-state index in [1.165, 1.54) is 17.7 Å². The van der Waals surface area contributed by atoms with Crippen molar-refractivity contribution in [1.29, 1.82) is 0 Å². The van der Waals surface area contributed by atoms with Crippen LogP contribution in [0.4, 0.5) is 4.39 Å². The third-order valence-electron chi connectivity index (χ3n) is 3.67. The average molecular weight is 295 g/mol. The number of hydrogen-bond acceptors (Lipinski definition) is 2. The predicted molar refractivity (Wildman–Crippen MR) is 85.0 cm³/mol. The lowest BCUT2D eigenvalue weighted by Gasteiger charge is -2.05. The Bertz CT molecular complexity index is 743. The van der Waals surface area contributed by atoms with Crippen LogP contribution in [0.25, 0.3) is 11.3 Å². The van der Waals surface area contributed by atoms with E-state index in [-0.39, 0.29) is 5.82 Å². The lowest BCUT2D eigenvalue weighted by atomic mass is 10.0. The average Bonchev–Trinajstić information content (AvgIpc) is 2.98. The van der Waals surface area contributed by atoms with Crippen LogP contribution in [0.3, 0.4) is 0 Å². The van der Waals surface area contributed by atoms with Crippen molar-refractivity contribution in [2.24, 2.45) is 0 Å². The molecule has 0 amide bonds. The van der Waals surface area contributed by atoms with Crippen LogP contribution in [0.15, 0.2) is 54.7 Å². The molecule has 0 aliphatic heterocycles. The molecule has 1 heterocycles. The van der Waals surface area contributed by atoms with E-state index in [1.54, 1.807) is 16.8 Å². The van der Waals surface area contributed by atoms with Gasteiger partial charge in [-0.25, -0.2) is 9.07 Å². The van der Waals surface area contributed by atoms with E-state index in [0.29, 0.717) is 12.5 Å². The number of rotatable bonds is 4. The van der Waals surface area contributed by atoms with Gasteiger partial charge in [0.25, 0.3) is 0 Å². The molecule has 0 fully saturated rings. The standard InChI is InChI=1S/C18H18FN3/c1-13(2)15-5-7-16(8-6-15)18-12-22(21-20-18)11-14-3-9-17(19)10-4-14/h3-10,12-13H,11H2,1-2H3. The van der Waals surface area contributed by atoms with Gasteiger partial charge in [-0.3, -0.25) is 0 Å². The molecule has 0 bridgehead atoms. The summed E-state index contributed by atoms with van der Waals surface area (Å²) in [6.45, 7) is 4.93. The summed E-state index contributed by atoms with van der Waals surface area (Å²) in [5, 5.41) is 8.35. The van der Waals surface area contributed by atoms with Crippen LogP contribution < -0.4 is 0 Å². The van der Waals surface area contributed by atoms with Gasteiger partial charge in [-0.1, -0.05) is 55.5 Å². The third-order valence-corrected chi connectivity index (χ3v) is 3.67. The number of halogens is 1. The fraction of sp³-hybridized carbons (Fsp3) is 0.222. The Morgan fingerprint density at radius 1 is 1.00 bits per heavy atom. The molecule has 0 spiro atoms. The Kier molecular flexibility index (Phi) is 4.00. The van der Waals surface area contributed by atoms with Crippen molar-refractivity contribution >= 4 is 0 Å². The largest absolute Gasteiger partial charge is 0.247 e. The lowest BCUT2D eigenvalue weighted by Crippen LogP contribution is -2.00. The highest BCUT2D eigenvalue weighted by atomic mass is 19.1. The molecule has 0 N–H and O–H groups in total. The van der Waals surface area contributed by atoms with Gasteiger partial charge in [-0.05, 0) is 29.2 Å². The van der Waals surface area contributed by atoms with Gasteiger partial charge in [0.15, 0.2) is 0 Å². The molecule has 0 saturated carbocycles. The molecule has 0 radical (unpaired) electrons. The summed E-state index contributed by atoms with van der Waals surface area (Å²) in [6.07, 6.45) is 1.91. The van der Waals surface area contributed by atoms with Crippen LogP contribution in [0.5, 0.6) is 0 Å². The number of benzene rings is 2. The minimum Gasteiger partial charge on any atom is -0.247 e. The summed E-state index contributed by atoms with van der Waals surface area (Å²) in [6, 6.07) is 14.8. The zero-order chi connectivity index (χ0) is 15.5. The maximum Gasteiger partial charge on any atom is 0.123 e. The normalized spacial score (nSPS) is 11.1. The van der Waals surface area contributed by atoms with Gasteiger partial charge >= 0.3 is 0 Å². The quantitative estimate of drug-likeness (QED) is 0.720. The SMILES string of the molecule is CC(C)c1ccc(-c2cn(Cc3ccc(F)cc3)nn2)cc1. The van der Waals surface area contributed by atoms with Crippen molar-refractivity contribution < 1.29 is 4.39 Å². The second kappa shape index (κ2) is 6.10. The highest BCUT2D eigenvalue weighted by Crippen LogP contribution is 2.21.